The van der Waals surface area contributed by atoms with Gasteiger partial charge in [0.1, 0.15) is 0 Å². The van der Waals surface area contributed by atoms with E-state index in [9.17, 15) is 9.59 Å². The van der Waals surface area contributed by atoms with E-state index in [1.54, 1.807) is 29.9 Å². The molecule has 0 bridgehead atoms. The number of pyridine rings is 1. The summed E-state index contributed by atoms with van der Waals surface area (Å²) in [6.45, 7) is 0. The average Bonchev–Trinajstić information content (AvgIpc) is 2.83. The highest BCUT2D eigenvalue weighted by molar-refractivity contribution is 7.13. The Hall–Kier alpha value is -2.28. The first-order valence-electron chi connectivity index (χ1n) is 4.67. The maximum atomic E-state index is 11.5. The van der Waals surface area contributed by atoms with E-state index in [-0.39, 0.29) is 0 Å². The SMILES string of the molecule is O=C(Nc1cccnc1)C(=O)Nc1nccs1. The van der Waals surface area contributed by atoms with Crippen molar-refractivity contribution in [3.63, 3.8) is 0 Å². The molecular formula is C10H8N4O2S. The summed E-state index contributed by atoms with van der Waals surface area (Å²) in [6, 6.07) is 3.30. The first-order chi connectivity index (χ1) is 8.25. The molecule has 0 aromatic carbocycles. The number of aromatic nitrogens is 2. The van der Waals surface area contributed by atoms with Gasteiger partial charge in [0.15, 0.2) is 5.13 Å². The zero-order valence-electron chi connectivity index (χ0n) is 8.58. The van der Waals surface area contributed by atoms with Crippen LogP contribution in [0.2, 0.25) is 0 Å². The van der Waals surface area contributed by atoms with Crippen LogP contribution in [0.5, 0.6) is 0 Å². The molecule has 2 heterocycles. The van der Waals surface area contributed by atoms with E-state index in [0.717, 1.165) is 0 Å². The molecule has 0 fully saturated rings. The second-order valence-corrected chi connectivity index (χ2v) is 3.88. The number of hydrogen-bond acceptors (Lipinski definition) is 5. The highest BCUT2D eigenvalue weighted by Crippen LogP contribution is 2.10. The van der Waals surface area contributed by atoms with Crippen LogP contribution in [-0.4, -0.2) is 21.8 Å². The Bertz CT molecular complexity index is 512. The smallest absolute Gasteiger partial charge is 0.315 e. The highest BCUT2D eigenvalue weighted by Gasteiger charge is 2.14. The molecule has 7 heteroatoms. The van der Waals surface area contributed by atoms with Crippen molar-refractivity contribution in [1.82, 2.24) is 9.97 Å². The van der Waals surface area contributed by atoms with E-state index in [4.69, 9.17) is 0 Å². The predicted molar refractivity (Wildman–Crippen MR) is 63.6 cm³/mol. The highest BCUT2D eigenvalue weighted by atomic mass is 32.1. The summed E-state index contributed by atoms with van der Waals surface area (Å²) in [5.74, 6) is -1.52. The van der Waals surface area contributed by atoms with Crippen molar-refractivity contribution in [2.45, 2.75) is 0 Å². The number of anilines is 2. The molecule has 2 rings (SSSR count). The second-order valence-electron chi connectivity index (χ2n) is 2.99. The topological polar surface area (TPSA) is 84.0 Å². The zero-order valence-corrected chi connectivity index (χ0v) is 9.40. The van der Waals surface area contributed by atoms with Crippen molar-refractivity contribution in [2.24, 2.45) is 0 Å². The van der Waals surface area contributed by atoms with E-state index in [1.807, 2.05) is 0 Å². The summed E-state index contributed by atoms with van der Waals surface area (Å²) < 4.78 is 0. The summed E-state index contributed by atoms with van der Waals surface area (Å²) in [6.07, 6.45) is 4.57. The van der Waals surface area contributed by atoms with Gasteiger partial charge in [-0.2, -0.15) is 0 Å². The monoisotopic (exact) mass is 248 g/mol. The van der Waals surface area contributed by atoms with E-state index in [2.05, 4.69) is 20.6 Å². The summed E-state index contributed by atoms with van der Waals surface area (Å²) >= 11 is 1.24. The first-order valence-corrected chi connectivity index (χ1v) is 5.55. The molecule has 0 radical (unpaired) electrons. The molecule has 2 aromatic rings. The van der Waals surface area contributed by atoms with Gasteiger partial charge in [0.2, 0.25) is 0 Å². The fraction of sp³-hybridized carbons (Fsp3) is 0. The summed E-state index contributed by atoms with van der Waals surface area (Å²) in [7, 11) is 0. The fourth-order valence-electron chi connectivity index (χ4n) is 1.06. The molecule has 0 aliphatic heterocycles. The quantitative estimate of drug-likeness (QED) is 0.780. The molecule has 6 nitrogen and oxygen atoms in total. The van der Waals surface area contributed by atoms with Gasteiger partial charge >= 0.3 is 11.8 Å². The van der Waals surface area contributed by atoms with Gasteiger partial charge in [0, 0.05) is 17.8 Å². The number of thiazole rings is 1. The molecule has 2 aromatic heterocycles. The minimum Gasteiger partial charge on any atom is -0.316 e. The van der Waals surface area contributed by atoms with Gasteiger partial charge in [-0.1, -0.05) is 0 Å². The van der Waals surface area contributed by atoms with Gasteiger partial charge in [-0.15, -0.1) is 11.3 Å². The Balaban J connectivity index is 1.94. The van der Waals surface area contributed by atoms with E-state index >= 15 is 0 Å². The number of carbonyl (C=O) groups is 2. The van der Waals surface area contributed by atoms with Crippen LogP contribution in [0, 0.1) is 0 Å². The Morgan fingerprint density at radius 1 is 1.18 bits per heavy atom. The van der Waals surface area contributed by atoms with Crippen molar-refractivity contribution >= 4 is 34.0 Å². The second kappa shape index (κ2) is 5.17. The van der Waals surface area contributed by atoms with Gasteiger partial charge in [0.25, 0.3) is 0 Å². The largest absolute Gasteiger partial charge is 0.316 e. The molecule has 0 aliphatic rings. The van der Waals surface area contributed by atoms with Gasteiger partial charge in [-0.05, 0) is 12.1 Å². The molecule has 2 N–H and O–H groups in total. The molecular weight excluding hydrogens is 240 g/mol. The maximum Gasteiger partial charge on any atom is 0.315 e. The molecule has 0 spiro atoms. The summed E-state index contributed by atoms with van der Waals surface area (Å²) in [4.78, 5) is 30.6. The van der Waals surface area contributed by atoms with Crippen LogP contribution in [0.15, 0.2) is 36.1 Å². The van der Waals surface area contributed by atoms with Crippen LogP contribution in [0.4, 0.5) is 10.8 Å². The number of amides is 2. The Morgan fingerprint density at radius 2 is 2.00 bits per heavy atom. The maximum absolute atomic E-state index is 11.5. The summed E-state index contributed by atoms with van der Waals surface area (Å²) in [5, 5.41) is 6.88. The van der Waals surface area contributed by atoms with Crippen LogP contribution in [0.25, 0.3) is 0 Å². The number of carbonyl (C=O) groups excluding carboxylic acids is 2. The lowest BCUT2D eigenvalue weighted by Gasteiger charge is -2.03. The molecule has 0 atom stereocenters. The van der Waals surface area contributed by atoms with Crippen LogP contribution in [0.3, 0.4) is 0 Å². The third kappa shape index (κ3) is 3.08. The first kappa shape index (κ1) is 11.2. The number of rotatable bonds is 2. The van der Waals surface area contributed by atoms with Crippen LogP contribution in [-0.2, 0) is 9.59 Å². The van der Waals surface area contributed by atoms with Crippen LogP contribution < -0.4 is 10.6 Å². The van der Waals surface area contributed by atoms with E-state index in [1.165, 1.54) is 17.5 Å². The van der Waals surface area contributed by atoms with E-state index in [0.29, 0.717) is 10.8 Å². The molecule has 0 unspecified atom stereocenters. The minimum absolute atomic E-state index is 0.385. The van der Waals surface area contributed by atoms with Gasteiger partial charge < -0.3 is 5.32 Å². The third-order valence-electron chi connectivity index (χ3n) is 1.78. The predicted octanol–water partition coefficient (Wildman–Crippen LogP) is 1.12. The lowest BCUT2D eigenvalue weighted by molar-refractivity contribution is -0.133. The van der Waals surface area contributed by atoms with Crippen molar-refractivity contribution in [2.75, 3.05) is 10.6 Å². The third-order valence-corrected chi connectivity index (χ3v) is 2.47. The van der Waals surface area contributed by atoms with Crippen molar-refractivity contribution in [3.8, 4) is 0 Å². The van der Waals surface area contributed by atoms with Crippen molar-refractivity contribution in [3.05, 3.63) is 36.1 Å². The lowest BCUT2D eigenvalue weighted by atomic mass is 10.4. The van der Waals surface area contributed by atoms with Crippen molar-refractivity contribution < 1.29 is 9.59 Å². The molecule has 0 saturated carbocycles. The average molecular weight is 248 g/mol. The number of nitrogens with one attached hydrogen (secondary N) is 2. The summed E-state index contributed by atoms with van der Waals surface area (Å²) in [5.41, 5.74) is 0.465. The Labute approximate surface area is 101 Å². The fourth-order valence-corrected chi connectivity index (χ4v) is 1.59. The Morgan fingerprint density at radius 3 is 2.65 bits per heavy atom. The van der Waals surface area contributed by atoms with Crippen LogP contribution in [0.1, 0.15) is 0 Å². The molecule has 0 aliphatic carbocycles. The number of hydrogen-bond donors (Lipinski definition) is 2. The lowest BCUT2D eigenvalue weighted by Crippen LogP contribution is -2.29. The Kier molecular flexibility index (Phi) is 3.41. The van der Waals surface area contributed by atoms with Crippen LogP contribution >= 0.6 is 11.3 Å². The van der Waals surface area contributed by atoms with E-state index < -0.39 is 11.8 Å². The number of nitrogens with zero attached hydrogens (tertiary/aromatic N) is 2. The zero-order chi connectivity index (χ0) is 12.1. The molecule has 2 amide bonds. The van der Waals surface area contributed by atoms with Gasteiger partial charge in [-0.3, -0.25) is 19.9 Å². The van der Waals surface area contributed by atoms with Gasteiger partial charge in [-0.25, -0.2) is 4.98 Å². The standard InChI is InChI=1S/C10H8N4O2S/c15-8(13-7-2-1-3-11-6-7)9(16)14-10-12-4-5-17-10/h1-6H,(H,13,15)(H,12,14,16). The molecule has 0 saturated heterocycles. The van der Waals surface area contributed by atoms with Crippen molar-refractivity contribution in [1.29, 1.82) is 0 Å². The normalized spacial score (nSPS) is 9.65. The minimum atomic E-state index is -0.760. The molecule has 17 heavy (non-hydrogen) atoms. The van der Waals surface area contributed by atoms with Gasteiger partial charge in [0.05, 0.1) is 11.9 Å². The molecule has 86 valence electrons.